The smallest absolute Gasteiger partial charge is 0.224 e. The largest absolute Gasteiger partial charge is 0.497 e. The van der Waals surface area contributed by atoms with Crippen LogP contribution in [0.5, 0.6) is 5.75 Å². The van der Waals surface area contributed by atoms with Crippen LogP contribution in [0.4, 0.5) is 11.4 Å². The monoisotopic (exact) mass is 376 g/mol. The highest BCUT2D eigenvalue weighted by atomic mass is 16.5. The molecule has 1 aliphatic heterocycles. The summed E-state index contributed by atoms with van der Waals surface area (Å²) < 4.78 is 5.28. The molecule has 1 aliphatic carbocycles. The third-order valence-corrected chi connectivity index (χ3v) is 5.50. The fraction of sp³-hybridized carbons (Fsp3) is 0.304. The number of anilines is 2. The number of carbonyl (C=O) groups excluding carboxylic acids is 2. The van der Waals surface area contributed by atoms with Crippen LogP contribution in [0, 0.1) is 11.8 Å². The van der Waals surface area contributed by atoms with Crippen LogP contribution in [0.3, 0.4) is 0 Å². The molecule has 5 heteroatoms. The van der Waals surface area contributed by atoms with Gasteiger partial charge < -0.3 is 15.0 Å². The Bertz CT molecular complexity index is 949. The van der Waals surface area contributed by atoms with Gasteiger partial charge in [-0.25, -0.2) is 0 Å². The Hall–Kier alpha value is -3.08. The molecule has 0 aromatic heterocycles. The third kappa shape index (κ3) is 3.07. The van der Waals surface area contributed by atoms with E-state index in [1.807, 2.05) is 55.5 Å². The molecule has 4 rings (SSSR count). The van der Waals surface area contributed by atoms with E-state index in [-0.39, 0.29) is 17.6 Å². The van der Waals surface area contributed by atoms with Crippen molar-refractivity contribution in [2.45, 2.75) is 26.3 Å². The van der Waals surface area contributed by atoms with Crippen LogP contribution in [-0.2, 0) is 9.59 Å². The maximum Gasteiger partial charge on any atom is 0.224 e. The number of carbonyl (C=O) groups is 2. The topological polar surface area (TPSA) is 58.6 Å². The Labute approximate surface area is 165 Å². The number of rotatable bonds is 2. The molecule has 1 N–H and O–H groups in total. The molecular weight excluding hydrogens is 352 g/mol. The number of methoxy groups -OCH3 is 1. The molecule has 2 aromatic carbocycles. The number of allylic oxidation sites excluding steroid dienone is 1. The molecule has 1 heterocycles. The Morgan fingerprint density at radius 1 is 1.14 bits per heavy atom. The van der Waals surface area contributed by atoms with Gasteiger partial charge in [0.25, 0.3) is 0 Å². The summed E-state index contributed by atoms with van der Waals surface area (Å²) in [6, 6.07) is 14.9. The molecule has 3 atom stereocenters. The van der Waals surface area contributed by atoms with Gasteiger partial charge >= 0.3 is 0 Å². The molecule has 0 fully saturated rings. The molecule has 0 radical (unpaired) electrons. The minimum Gasteiger partial charge on any atom is -0.497 e. The van der Waals surface area contributed by atoms with Gasteiger partial charge in [0.2, 0.25) is 5.91 Å². The van der Waals surface area contributed by atoms with Crippen molar-refractivity contribution in [3.05, 3.63) is 65.9 Å². The van der Waals surface area contributed by atoms with Crippen LogP contribution in [-0.4, -0.2) is 18.8 Å². The number of ketones is 1. The Balaban J connectivity index is 1.95. The predicted molar refractivity (Wildman–Crippen MR) is 109 cm³/mol. The number of para-hydroxylation sites is 2. The first-order chi connectivity index (χ1) is 13.5. The molecule has 2 aliphatic rings. The Morgan fingerprint density at radius 2 is 1.86 bits per heavy atom. The van der Waals surface area contributed by atoms with Gasteiger partial charge in [-0.2, -0.15) is 0 Å². The molecule has 1 amide bonds. The molecule has 5 nitrogen and oxygen atoms in total. The van der Waals surface area contributed by atoms with Gasteiger partial charge in [0.1, 0.15) is 11.5 Å². The van der Waals surface area contributed by atoms with Crippen molar-refractivity contribution in [2.75, 3.05) is 17.3 Å². The van der Waals surface area contributed by atoms with Gasteiger partial charge in [0, 0.05) is 19.0 Å². The van der Waals surface area contributed by atoms with Crippen molar-refractivity contribution >= 4 is 23.1 Å². The van der Waals surface area contributed by atoms with Gasteiger partial charge in [-0.1, -0.05) is 37.3 Å². The van der Waals surface area contributed by atoms with Crippen LogP contribution in [0.15, 0.2) is 60.3 Å². The van der Waals surface area contributed by atoms with Crippen LogP contribution in [0.2, 0.25) is 0 Å². The average Bonchev–Trinajstić information content (AvgIpc) is 2.82. The number of Topliss-reactive ketones (excluding diaryl/α,β-unsaturated/α-hetero) is 1. The van der Waals surface area contributed by atoms with Crippen molar-refractivity contribution in [1.29, 1.82) is 0 Å². The molecule has 0 saturated carbocycles. The van der Waals surface area contributed by atoms with Gasteiger partial charge in [-0.3, -0.25) is 9.59 Å². The Kier molecular flexibility index (Phi) is 4.67. The van der Waals surface area contributed by atoms with E-state index in [0.717, 1.165) is 28.4 Å². The number of ether oxygens (including phenoxy) is 1. The van der Waals surface area contributed by atoms with Gasteiger partial charge in [0.15, 0.2) is 0 Å². The van der Waals surface area contributed by atoms with Crippen LogP contribution < -0.4 is 15.0 Å². The first kappa shape index (κ1) is 18.3. The molecule has 0 bridgehead atoms. The highest BCUT2D eigenvalue weighted by Crippen LogP contribution is 2.46. The Morgan fingerprint density at radius 3 is 2.54 bits per heavy atom. The summed E-state index contributed by atoms with van der Waals surface area (Å²) >= 11 is 0. The van der Waals surface area contributed by atoms with Gasteiger partial charge in [-0.05, 0) is 35.7 Å². The number of nitrogens with one attached hydrogen (secondary N) is 1. The van der Waals surface area contributed by atoms with E-state index in [9.17, 15) is 9.59 Å². The number of benzene rings is 2. The summed E-state index contributed by atoms with van der Waals surface area (Å²) in [5.41, 5.74) is 3.41. The van der Waals surface area contributed by atoms with Crippen molar-refractivity contribution in [1.82, 2.24) is 0 Å². The zero-order chi connectivity index (χ0) is 19.8. The fourth-order valence-corrected chi connectivity index (χ4v) is 4.30. The first-order valence-electron chi connectivity index (χ1n) is 9.54. The lowest BCUT2D eigenvalue weighted by molar-refractivity contribution is -0.124. The maximum absolute atomic E-state index is 13.2. The highest BCUT2D eigenvalue weighted by molar-refractivity contribution is 6.00. The van der Waals surface area contributed by atoms with E-state index in [4.69, 9.17) is 4.74 Å². The van der Waals surface area contributed by atoms with Crippen molar-refractivity contribution in [3.63, 3.8) is 0 Å². The van der Waals surface area contributed by atoms with Crippen LogP contribution in [0.25, 0.3) is 0 Å². The van der Waals surface area contributed by atoms with E-state index >= 15 is 0 Å². The SMILES string of the molecule is COc1ccc([C@H]2[C@H]3C(=O)C[C@@H](C)C=C3Nc3ccccc3N2C(C)=O)cc1. The predicted octanol–water partition coefficient (Wildman–Crippen LogP) is 4.32. The highest BCUT2D eigenvalue weighted by Gasteiger charge is 2.43. The van der Waals surface area contributed by atoms with Gasteiger partial charge in [0.05, 0.1) is 30.4 Å². The summed E-state index contributed by atoms with van der Waals surface area (Å²) in [4.78, 5) is 27.7. The third-order valence-electron chi connectivity index (χ3n) is 5.50. The number of amides is 1. The number of hydrogen-bond acceptors (Lipinski definition) is 4. The van der Waals surface area contributed by atoms with Crippen molar-refractivity contribution in [3.8, 4) is 5.75 Å². The van der Waals surface area contributed by atoms with E-state index in [1.54, 1.807) is 18.9 Å². The summed E-state index contributed by atoms with van der Waals surface area (Å²) in [7, 11) is 1.62. The molecule has 28 heavy (non-hydrogen) atoms. The summed E-state index contributed by atoms with van der Waals surface area (Å²) in [5.74, 6) is 0.532. The second-order valence-electron chi connectivity index (χ2n) is 7.50. The summed E-state index contributed by atoms with van der Waals surface area (Å²) in [6.07, 6.45) is 2.60. The lowest BCUT2D eigenvalue weighted by Crippen LogP contribution is -2.41. The minimum atomic E-state index is -0.430. The fourth-order valence-electron chi connectivity index (χ4n) is 4.30. The normalized spacial score (nSPS) is 23.7. The molecule has 144 valence electrons. The van der Waals surface area contributed by atoms with Crippen molar-refractivity contribution < 1.29 is 14.3 Å². The minimum absolute atomic E-state index is 0.0947. The first-order valence-corrected chi connectivity index (χ1v) is 9.54. The zero-order valence-electron chi connectivity index (χ0n) is 16.3. The molecular formula is C23H24N2O3. The van der Waals surface area contributed by atoms with Gasteiger partial charge in [-0.15, -0.1) is 0 Å². The van der Waals surface area contributed by atoms with E-state index in [2.05, 4.69) is 11.4 Å². The lowest BCUT2D eigenvalue weighted by atomic mass is 9.78. The number of hydrogen-bond donors (Lipinski definition) is 1. The molecule has 2 aromatic rings. The van der Waals surface area contributed by atoms with E-state index in [0.29, 0.717) is 6.42 Å². The second kappa shape index (κ2) is 7.15. The van der Waals surface area contributed by atoms with Crippen molar-refractivity contribution in [2.24, 2.45) is 11.8 Å². The average molecular weight is 376 g/mol. The van der Waals surface area contributed by atoms with E-state index in [1.165, 1.54) is 0 Å². The molecule has 0 spiro atoms. The molecule has 0 saturated heterocycles. The van der Waals surface area contributed by atoms with E-state index < -0.39 is 12.0 Å². The summed E-state index contributed by atoms with van der Waals surface area (Å²) in [5, 5.41) is 3.45. The second-order valence-corrected chi connectivity index (χ2v) is 7.50. The number of fused-ring (bicyclic) bond motifs is 2. The number of nitrogens with zero attached hydrogens (tertiary/aromatic N) is 1. The zero-order valence-corrected chi connectivity index (χ0v) is 16.3. The molecule has 0 unspecified atom stereocenters. The van der Waals surface area contributed by atoms with Crippen LogP contribution >= 0.6 is 0 Å². The standard InChI is InChI=1S/C23H24N2O3/c1-14-12-19-22(21(27)13-14)23(16-8-10-17(28-3)11-9-16)25(15(2)26)20-7-5-4-6-18(20)24-19/h4-12,14,22-24H,13H2,1-3H3/t14-,22+,23-/m0/s1. The summed E-state index contributed by atoms with van der Waals surface area (Å²) in [6.45, 7) is 3.60. The maximum atomic E-state index is 13.2. The van der Waals surface area contributed by atoms with Crippen LogP contribution in [0.1, 0.15) is 31.9 Å². The quantitative estimate of drug-likeness (QED) is 0.848. The lowest BCUT2D eigenvalue weighted by Gasteiger charge is -2.36.